The maximum Gasteiger partial charge on any atom is 0.222 e. The summed E-state index contributed by atoms with van der Waals surface area (Å²) in [6.07, 6.45) is 2.90. The van der Waals surface area contributed by atoms with Crippen molar-refractivity contribution in [2.75, 3.05) is 51.8 Å². The first-order valence-corrected chi connectivity index (χ1v) is 7.47. The van der Waals surface area contributed by atoms with Gasteiger partial charge in [0.25, 0.3) is 0 Å². The zero-order valence-corrected chi connectivity index (χ0v) is 11.7. The van der Waals surface area contributed by atoms with Crippen LogP contribution in [0.25, 0.3) is 0 Å². The number of carbonyl (C=O) groups is 1. The topological polar surface area (TPSA) is 32.8 Å². The van der Waals surface area contributed by atoms with E-state index in [1.54, 1.807) is 0 Å². The van der Waals surface area contributed by atoms with E-state index in [9.17, 15) is 4.79 Å². The third kappa shape index (κ3) is 4.11. The number of nitrogens with zero attached hydrogens (tertiary/aromatic N) is 2. The van der Waals surface area contributed by atoms with E-state index in [1.165, 1.54) is 0 Å². The highest BCUT2D eigenvalue weighted by Crippen LogP contribution is 2.19. The molecular weight excluding hydrogens is 252 g/mol. The maximum absolute atomic E-state index is 11.7. The van der Waals surface area contributed by atoms with E-state index in [1.807, 2.05) is 4.90 Å². The summed E-state index contributed by atoms with van der Waals surface area (Å²) in [5.74, 6) is 1.26. The zero-order valence-electron chi connectivity index (χ0n) is 10.9. The summed E-state index contributed by atoms with van der Waals surface area (Å²) >= 11 is 5.80. The smallest absolute Gasteiger partial charge is 0.222 e. The molecule has 2 aliphatic heterocycles. The summed E-state index contributed by atoms with van der Waals surface area (Å²) in [6, 6.07) is 0. The van der Waals surface area contributed by atoms with E-state index < -0.39 is 0 Å². The minimum Gasteiger partial charge on any atom is -0.379 e. The molecule has 4 nitrogen and oxygen atoms in total. The van der Waals surface area contributed by atoms with Crippen LogP contribution in [-0.2, 0) is 9.53 Å². The van der Waals surface area contributed by atoms with Gasteiger partial charge >= 0.3 is 0 Å². The summed E-state index contributed by atoms with van der Waals surface area (Å²) < 4.78 is 5.32. The van der Waals surface area contributed by atoms with Crippen molar-refractivity contribution in [1.82, 2.24) is 9.80 Å². The van der Waals surface area contributed by atoms with Gasteiger partial charge in [-0.25, -0.2) is 0 Å². The molecule has 18 heavy (non-hydrogen) atoms. The van der Waals surface area contributed by atoms with E-state index in [0.29, 0.717) is 18.2 Å². The normalized spacial score (nSPS) is 25.9. The molecular formula is C13H23ClN2O2. The first-order chi connectivity index (χ1) is 8.79. The minimum atomic E-state index is 0.284. The van der Waals surface area contributed by atoms with Gasteiger partial charge in [-0.1, -0.05) is 0 Å². The third-order valence-electron chi connectivity index (χ3n) is 3.77. The summed E-state index contributed by atoms with van der Waals surface area (Å²) in [5, 5.41) is 0. The number of rotatable bonds is 6. The van der Waals surface area contributed by atoms with Crippen LogP contribution >= 0.6 is 11.6 Å². The second-order valence-corrected chi connectivity index (χ2v) is 5.53. The number of hydrogen-bond donors (Lipinski definition) is 0. The lowest BCUT2D eigenvalue weighted by Crippen LogP contribution is -2.37. The summed E-state index contributed by atoms with van der Waals surface area (Å²) in [6.45, 7) is 6.72. The number of carbonyl (C=O) groups excluding carboxylic acids is 1. The molecule has 1 unspecified atom stereocenters. The van der Waals surface area contributed by atoms with Crippen molar-refractivity contribution in [3.63, 3.8) is 0 Å². The monoisotopic (exact) mass is 274 g/mol. The third-order valence-corrected chi connectivity index (χ3v) is 4.21. The van der Waals surface area contributed by atoms with Crippen LogP contribution in [0.1, 0.15) is 19.3 Å². The van der Waals surface area contributed by atoms with Gasteiger partial charge in [-0.05, 0) is 25.3 Å². The van der Waals surface area contributed by atoms with Gasteiger partial charge in [0.05, 0.1) is 13.2 Å². The maximum atomic E-state index is 11.7. The molecule has 0 aromatic rings. The van der Waals surface area contributed by atoms with Gasteiger partial charge in [0.2, 0.25) is 5.91 Å². The second-order valence-electron chi connectivity index (χ2n) is 5.23. The molecule has 2 fully saturated rings. The fraction of sp³-hybridized carbons (Fsp3) is 0.923. The zero-order chi connectivity index (χ0) is 12.8. The van der Waals surface area contributed by atoms with Crippen molar-refractivity contribution in [3.8, 4) is 0 Å². The first-order valence-electron chi connectivity index (χ1n) is 6.93. The van der Waals surface area contributed by atoms with E-state index in [0.717, 1.165) is 58.8 Å². The molecule has 0 aromatic carbocycles. The Hall–Kier alpha value is -0.320. The Labute approximate surface area is 114 Å². The summed E-state index contributed by atoms with van der Waals surface area (Å²) in [7, 11) is 0. The summed E-state index contributed by atoms with van der Waals surface area (Å²) in [4.78, 5) is 16.1. The molecule has 2 rings (SSSR count). The molecule has 0 aliphatic carbocycles. The molecule has 104 valence electrons. The lowest BCUT2D eigenvalue weighted by atomic mass is 10.1. The standard InChI is InChI=1S/C13H23ClN2O2/c14-10-12-9-13(17)16(11-12)4-2-1-3-15-5-7-18-8-6-15/h12H,1-11H2. The van der Waals surface area contributed by atoms with Crippen molar-refractivity contribution in [3.05, 3.63) is 0 Å². The van der Waals surface area contributed by atoms with E-state index in [2.05, 4.69) is 4.90 Å². The van der Waals surface area contributed by atoms with E-state index in [4.69, 9.17) is 16.3 Å². The molecule has 2 aliphatic rings. The molecule has 2 heterocycles. The Bertz CT molecular complexity index is 270. The van der Waals surface area contributed by atoms with Crippen LogP contribution in [0.5, 0.6) is 0 Å². The molecule has 2 saturated heterocycles. The van der Waals surface area contributed by atoms with E-state index >= 15 is 0 Å². The van der Waals surface area contributed by atoms with Crippen molar-refractivity contribution in [2.45, 2.75) is 19.3 Å². The first kappa shape index (κ1) is 14.1. The van der Waals surface area contributed by atoms with Gasteiger partial charge < -0.3 is 9.64 Å². The molecule has 0 aromatic heterocycles. The Morgan fingerprint density at radius 2 is 1.94 bits per heavy atom. The van der Waals surface area contributed by atoms with Gasteiger partial charge in [0, 0.05) is 38.5 Å². The van der Waals surface area contributed by atoms with Crippen LogP contribution in [-0.4, -0.2) is 67.5 Å². The average molecular weight is 275 g/mol. The number of morpholine rings is 1. The SMILES string of the molecule is O=C1CC(CCl)CN1CCCCN1CCOCC1. The number of halogens is 1. The molecule has 0 spiro atoms. The number of amides is 1. The van der Waals surface area contributed by atoms with E-state index in [-0.39, 0.29) is 5.91 Å². The number of hydrogen-bond acceptors (Lipinski definition) is 3. The fourth-order valence-electron chi connectivity index (χ4n) is 2.64. The average Bonchev–Trinajstić information content (AvgIpc) is 2.77. The second kappa shape index (κ2) is 7.31. The number of alkyl halides is 1. The highest BCUT2D eigenvalue weighted by molar-refractivity contribution is 6.18. The van der Waals surface area contributed by atoms with Crippen LogP contribution in [0, 0.1) is 5.92 Å². The van der Waals surface area contributed by atoms with Gasteiger partial charge in [-0.3, -0.25) is 9.69 Å². The van der Waals surface area contributed by atoms with Gasteiger partial charge in [0.1, 0.15) is 0 Å². The number of unbranched alkanes of at least 4 members (excludes halogenated alkanes) is 1. The predicted octanol–water partition coefficient (Wildman–Crippen LogP) is 1.19. The lowest BCUT2D eigenvalue weighted by molar-refractivity contribution is -0.127. The van der Waals surface area contributed by atoms with Gasteiger partial charge in [-0.15, -0.1) is 11.6 Å². The summed E-state index contributed by atoms with van der Waals surface area (Å²) in [5.41, 5.74) is 0. The molecule has 0 bridgehead atoms. The largest absolute Gasteiger partial charge is 0.379 e. The molecule has 0 saturated carbocycles. The number of likely N-dealkylation sites (tertiary alicyclic amines) is 1. The van der Waals surface area contributed by atoms with Gasteiger partial charge in [0.15, 0.2) is 0 Å². The van der Waals surface area contributed by atoms with Crippen molar-refractivity contribution >= 4 is 17.5 Å². The highest BCUT2D eigenvalue weighted by atomic mass is 35.5. The molecule has 1 atom stereocenters. The lowest BCUT2D eigenvalue weighted by Gasteiger charge is -2.26. The van der Waals surface area contributed by atoms with Crippen molar-refractivity contribution in [1.29, 1.82) is 0 Å². The molecule has 1 amide bonds. The minimum absolute atomic E-state index is 0.284. The fourth-order valence-corrected chi connectivity index (χ4v) is 2.84. The van der Waals surface area contributed by atoms with Crippen LogP contribution < -0.4 is 0 Å². The Balaban J connectivity index is 1.56. The van der Waals surface area contributed by atoms with Crippen LogP contribution in [0.15, 0.2) is 0 Å². The van der Waals surface area contributed by atoms with Gasteiger partial charge in [-0.2, -0.15) is 0 Å². The Kier molecular flexibility index (Phi) is 5.73. The highest BCUT2D eigenvalue weighted by Gasteiger charge is 2.28. The molecule has 0 N–H and O–H groups in total. The molecule has 5 heteroatoms. The number of ether oxygens (including phenoxy) is 1. The van der Waals surface area contributed by atoms with Crippen molar-refractivity contribution < 1.29 is 9.53 Å². The Morgan fingerprint density at radius 1 is 1.22 bits per heavy atom. The quantitative estimate of drug-likeness (QED) is 0.539. The molecule has 0 radical (unpaired) electrons. The Morgan fingerprint density at radius 3 is 2.61 bits per heavy atom. The van der Waals surface area contributed by atoms with Crippen LogP contribution in [0.3, 0.4) is 0 Å². The van der Waals surface area contributed by atoms with Crippen LogP contribution in [0.4, 0.5) is 0 Å². The van der Waals surface area contributed by atoms with Crippen molar-refractivity contribution in [2.24, 2.45) is 5.92 Å². The predicted molar refractivity (Wildman–Crippen MR) is 71.9 cm³/mol. The van der Waals surface area contributed by atoms with Crippen LogP contribution in [0.2, 0.25) is 0 Å².